The summed E-state index contributed by atoms with van der Waals surface area (Å²) >= 11 is 0. The molecule has 3 aliphatic rings. The van der Waals surface area contributed by atoms with Gasteiger partial charge in [0.2, 0.25) is 0 Å². The van der Waals surface area contributed by atoms with Gasteiger partial charge in [0.15, 0.2) is 0 Å². The lowest BCUT2D eigenvalue weighted by Crippen LogP contribution is -2.32. The van der Waals surface area contributed by atoms with Gasteiger partial charge in [-0.2, -0.15) is 0 Å². The average molecular weight is 363 g/mol. The zero-order chi connectivity index (χ0) is 18.5. The minimum Gasteiger partial charge on any atom is -0.426 e. The molecule has 0 heterocycles. The molecule has 2 nitrogen and oxygen atoms in total. The van der Waals surface area contributed by atoms with Crippen LogP contribution in [0.15, 0.2) is 36.4 Å². The fraction of sp³-hybridized carbons (Fsp3) is 0.560. The lowest BCUT2D eigenvalue weighted by Gasteiger charge is -2.30. The topological polar surface area (TPSA) is 26.3 Å². The molecule has 0 spiro atoms. The molecule has 3 fully saturated rings. The normalized spacial score (nSPS) is 32.6. The van der Waals surface area contributed by atoms with Gasteiger partial charge < -0.3 is 4.74 Å². The third-order valence-corrected chi connectivity index (χ3v) is 8.00. The highest BCUT2D eigenvalue weighted by Crippen LogP contribution is 2.61. The van der Waals surface area contributed by atoms with E-state index in [0.717, 1.165) is 41.7 Å². The van der Waals surface area contributed by atoms with E-state index < -0.39 is 0 Å². The van der Waals surface area contributed by atoms with Crippen LogP contribution in [0, 0.1) is 29.6 Å². The van der Waals surface area contributed by atoms with E-state index in [2.05, 4.69) is 38.1 Å². The van der Waals surface area contributed by atoms with Crippen molar-refractivity contribution in [1.29, 1.82) is 0 Å². The molecule has 0 radical (unpaired) electrons. The van der Waals surface area contributed by atoms with Crippen molar-refractivity contribution in [2.75, 3.05) is 0 Å². The van der Waals surface area contributed by atoms with Crippen LogP contribution in [-0.2, 0) is 4.79 Å². The molecule has 0 aliphatic heterocycles. The van der Waals surface area contributed by atoms with Crippen LogP contribution in [0.4, 0.5) is 0 Å². The smallest absolute Gasteiger partial charge is 0.314 e. The van der Waals surface area contributed by atoms with E-state index in [0.29, 0.717) is 11.8 Å². The molecule has 3 aliphatic carbocycles. The van der Waals surface area contributed by atoms with E-state index in [4.69, 9.17) is 4.74 Å². The predicted octanol–water partition coefficient (Wildman–Crippen LogP) is 6.33. The molecule has 3 saturated carbocycles. The third-order valence-electron chi connectivity index (χ3n) is 8.00. The van der Waals surface area contributed by atoms with Crippen molar-refractivity contribution in [3.05, 3.63) is 42.0 Å². The Labute approximate surface area is 162 Å². The van der Waals surface area contributed by atoms with Gasteiger partial charge in [-0.25, -0.2) is 0 Å². The van der Waals surface area contributed by atoms with Crippen LogP contribution in [0.1, 0.15) is 63.9 Å². The zero-order valence-corrected chi connectivity index (χ0v) is 16.5. The van der Waals surface area contributed by atoms with Crippen molar-refractivity contribution < 1.29 is 9.53 Å². The molecular weight excluding hydrogens is 332 g/mol. The van der Waals surface area contributed by atoms with Crippen LogP contribution in [0.5, 0.6) is 5.75 Å². The highest BCUT2D eigenvalue weighted by molar-refractivity contribution is 5.93. The van der Waals surface area contributed by atoms with E-state index in [1.54, 1.807) is 0 Å². The van der Waals surface area contributed by atoms with E-state index in [1.807, 2.05) is 12.1 Å². The third kappa shape index (κ3) is 2.71. The van der Waals surface area contributed by atoms with Gasteiger partial charge in [-0.1, -0.05) is 50.6 Å². The van der Waals surface area contributed by atoms with E-state index in [9.17, 15) is 4.79 Å². The summed E-state index contributed by atoms with van der Waals surface area (Å²) in [6.45, 7) is 4.49. The minimum atomic E-state index is 0.0225. The first-order valence-electron chi connectivity index (χ1n) is 10.9. The fourth-order valence-corrected chi connectivity index (χ4v) is 6.56. The van der Waals surface area contributed by atoms with Crippen LogP contribution < -0.4 is 4.74 Å². The number of ether oxygens (including phenoxy) is 1. The van der Waals surface area contributed by atoms with Crippen molar-refractivity contribution in [3.8, 4) is 5.75 Å². The van der Waals surface area contributed by atoms with Gasteiger partial charge in [0, 0.05) is 5.39 Å². The van der Waals surface area contributed by atoms with Gasteiger partial charge in [-0.05, 0) is 78.7 Å². The maximum Gasteiger partial charge on any atom is 0.314 e. The molecule has 0 N–H and O–H groups in total. The van der Waals surface area contributed by atoms with Crippen LogP contribution in [0.2, 0.25) is 0 Å². The molecule has 0 amide bonds. The minimum absolute atomic E-state index is 0.0225. The molecular formula is C25H30O2. The summed E-state index contributed by atoms with van der Waals surface area (Å²) in [6, 6.07) is 12.6. The summed E-state index contributed by atoms with van der Waals surface area (Å²) in [5.41, 5.74) is 1.35. The second kappa shape index (κ2) is 6.65. The monoisotopic (exact) mass is 362 g/mol. The van der Waals surface area contributed by atoms with Gasteiger partial charge in [0.05, 0.1) is 5.92 Å². The Bertz CT molecular complexity index is 870. The molecule has 5 rings (SSSR count). The largest absolute Gasteiger partial charge is 0.426 e. The van der Waals surface area contributed by atoms with E-state index in [1.165, 1.54) is 36.6 Å². The molecule has 0 saturated heterocycles. The molecule has 0 aromatic heterocycles. The molecule has 2 aromatic carbocycles. The first-order valence-corrected chi connectivity index (χ1v) is 10.9. The summed E-state index contributed by atoms with van der Waals surface area (Å²) < 4.78 is 6.04. The van der Waals surface area contributed by atoms with Gasteiger partial charge >= 0.3 is 5.97 Å². The van der Waals surface area contributed by atoms with Gasteiger partial charge in [0.1, 0.15) is 5.75 Å². The highest BCUT2D eigenvalue weighted by atomic mass is 16.5. The highest BCUT2D eigenvalue weighted by Gasteiger charge is 2.56. The second-order valence-electron chi connectivity index (χ2n) is 9.19. The van der Waals surface area contributed by atoms with E-state index in [-0.39, 0.29) is 11.9 Å². The predicted molar refractivity (Wildman–Crippen MR) is 109 cm³/mol. The average Bonchev–Trinajstić information content (AvgIpc) is 3.40. The standard InChI is InChI=1S/C25H30O2/c1-3-15(2)17-11-12-24(21-8-5-4-7-19(17)21)27-25(26)23-14-16-13-22(23)20-10-6-9-18(16)20/h4-5,7-8,11-12,15-16,18,20,22-23H,3,6,9-10,13-14H2,1-2H3. The van der Waals surface area contributed by atoms with Crippen molar-refractivity contribution in [3.63, 3.8) is 0 Å². The number of esters is 1. The number of fused-ring (bicyclic) bond motifs is 6. The summed E-state index contributed by atoms with van der Waals surface area (Å²) in [7, 11) is 0. The maximum atomic E-state index is 13.1. The SMILES string of the molecule is CCC(C)c1ccc(OC(=O)C2CC3CC2C2CCCC32)c2ccccc12. The lowest BCUT2D eigenvalue weighted by molar-refractivity contribution is -0.141. The number of rotatable bonds is 4. The Morgan fingerprint density at radius 3 is 2.63 bits per heavy atom. The van der Waals surface area contributed by atoms with Gasteiger partial charge in [-0.3, -0.25) is 4.79 Å². The Morgan fingerprint density at radius 1 is 1.04 bits per heavy atom. The number of benzene rings is 2. The first-order chi connectivity index (χ1) is 13.2. The molecule has 6 unspecified atom stereocenters. The number of hydrogen-bond acceptors (Lipinski definition) is 2. The Hall–Kier alpha value is -1.83. The quantitative estimate of drug-likeness (QED) is 0.469. The van der Waals surface area contributed by atoms with Crippen LogP contribution >= 0.6 is 0 Å². The summed E-state index contributed by atoms with van der Waals surface area (Å²) in [5.74, 6) is 4.47. The van der Waals surface area contributed by atoms with Crippen molar-refractivity contribution in [2.24, 2.45) is 29.6 Å². The van der Waals surface area contributed by atoms with Crippen molar-refractivity contribution in [2.45, 2.75) is 58.3 Å². The molecule has 142 valence electrons. The number of hydrogen-bond donors (Lipinski definition) is 0. The number of carbonyl (C=O) groups excluding carboxylic acids is 1. The molecule has 27 heavy (non-hydrogen) atoms. The van der Waals surface area contributed by atoms with Gasteiger partial charge in [-0.15, -0.1) is 0 Å². The number of carbonyl (C=O) groups is 1. The maximum absolute atomic E-state index is 13.1. The second-order valence-corrected chi connectivity index (χ2v) is 9.19. The Morgan fingerprint density at radius 2 is 1.81 bits per heavy atom. The Kier molecular flexibility index (Phi) is 4.26. The van der Waals surface area contributed by atoms with Crippen LogP contribution in [0.3, 0.4) is 0 Å². The molecule has 2 heteroatoms. The summed E-state index contributed by atoms with van der Waals surface area (Å²) in [6.07, 6.45) is 7.54. The van der Waals surface area contributed by atoms with E-state index >= 15 is 0 Å². The summed E-state index contributed by atoms with van der Waals surface area (Å²) in [5, 5.41) is 2.30. The van der Waals surface area contributed by atoms with Crippen molar-refractivity contribution >= 4 is 16.7 Å². The molecule has 2 aromatic rings. The lowest BCUT2D eigenvalue weighted by atomic mass is 9.76. The van der Waals surface area contributed by atoms with Crippen LogP contribution in [0.25, 0.3) is 10.8 Å². The summed E-state index contributed by atoms with van der Waals surface area (Å²) in [4.78, 5) is 13.1. The Balaban J connectivity index is 1.41. The fourth-order valence-electron chi connectivity index (χ4n) is 6.56. The molecule has 2 bridgehead atoms. The van der Waals surface area contributed by atoms with Crippen LogP contribution in [-0.4, -0.2) is 5.97 Å². The first kappa shape index (κ1) is 17.3. The van der Waals surface area contributed by atoms with Crippen molar-refractivity contribution in [1.82, 2.24) is 0 Å². The zero-order valence-electron chi connectivity index (χ0n) is 16.5. The molecule has 6 atom stereocenters. The van der Waals surface area contributed by atoms with Gasteiger partial charge in [0.25, 0.3) is 0 Å².